The minimum Gasteiger partial charge on any atom is -0.444 e. The maximum atomic E-state index is 12.2. The number of Topliss-reactive ketones (excluding diaryl/α,β-unsaturated/α-hetero) is 1. The molecule has 0 atom stereocenters. The molecular weight excluding hydrogens is 330 g/mol. The Morgan fingerprint density at radius 1 is 1.08 bits per heavy atom. The van der Waals surface area contributed by atoms with Crippen LogP contribution in [0.15, 0.2) is 48.7 Å². The molecule has 1 aromatic heterocycles. The van der Waals surface area contributed by atoms with Crippen LogP contribution in [0.2, 0.25) is 0 Å². The van der Waals surface area contributed by atoms with Gasteiger partial charge in [0.2, 0.25) is 0 Å². The van der Waals surface area contributed by atoms with Crippen molar-refractivity contribution in [3.05, 3.63) is 54.2 Å². The number of para-hydroxylation sites is 1. The van der Waals surface area contributed by atoms with Crippen LogP contribution in [0.5, 0.6) is 0 Å². The number of pyridine rings is 1. The van der Waals surface area contributed by atoms with Crippen LogP contribution in [0.4, 0.5) is 16.3 Å². The number of benzene rings is 1. The first-order valence-corrected chi connectivity index (χ1v) is 8.62. The summed E-state index contributed by atoms with van der Waals surface area (Å²) in [6.45, 7) is 5.81. The number of ketones is 1. The van der Waals surface area contributed by atoms with Gasteiger partial charge in [0.05, 0.1) is 0 Å². The summed E-state index contributed by atoms with van der Waals surface area (Å²) in [6.07, 6.45) is 1.97. The molecule has 138 valence electrons. The number of aromatic nitrogens is 1. The van der Waals surface area contributed by atoms with E-state index in [4.69, 9.17) is 4.74 Å². The molecule has 0 aliphatic heterocycles. The zero-order valence-corrected chi connectivity index (χ0v) is 15.4. The lowest BCUT2D eigenvalue weighted by atomic mass is 10.1. The molecule has 6 heteroatoms. The van der Waals surface area contributed by atoms with Crippen molar-refractivity contribution in [1.82, 2.24) is 10.3 Å². The van der Waals surface area contributed by atoms with E-state index in [0.717, 1.165) is 5.69 Å². The highest BCUT2D eigenvalue weighted by atomic mass is 16.6. The fourth-order valence-corrected chi connectivity index (χ4v) is 2.20. The quantitative estimate of drug-likeness (QED) is 0.571. The molecule has 0 aliphatic carbocycles. The van der Waals surface area contributed by atoms with E-state index in [0.29, 0.717) is 30.8 Å². The lowest BCUT2D eigenvalue weighted by Crippen LogP contribution is -2.33. The van der Waals surface area contributed by atoms with Crippen molar-refractivity contribution in [2.45, 2.75) is 39.2 Å². The van der Waals surface area contributed by atoms with E-state index in [1.807, 2.05) is 30.3 Å². The van der Waals surface area contributed by atoms with E-state index in [1.165, 1.54) is 0 Å². The molecule has 0 aliphatic rings. The Balaban J connectivity index is 1.75. The molecule has 6 nitrogen and oxygen atoms in total. The van der Waals surface area contributed by atoms with Crippen molar-refractivity contribution in [3.63, 3.8) is 0 Å². The van der Waals surface area contributed by atoms with E-state index >= 15 is 0 Å². The normalized spacial score (nSPS) is 10.9. The first-order valence-electron chi connectivity index (χ1n) is 8.62. The van der Waals surface area contributed by atoms with Crippen molar-refractivity contribution < 1.29 is 14.3 Å². The van der Waals surface area contributed by atoms with Crippen LogP contribution in [0.3, 0.4) is 0 Å². The molecule has 0 saturated carbocycles. The maximum Gasteiger partial charge on any atom is 0.407 e. The van der Waals surface area contributed by atoms with Gasteiger partial charge >= 0.3 is 6.09 Å². The second-order valence-corrected chi connectivity index (χ2v) is 6.88. The lowest BCUT2D eigenvalue weighted by molar-refractivity contribution is 0.0525. The van der Waals surface area contributed by atoms with Gasteiger partial charge in [-0.25, -0.2) is 9.78 Å². The number of carbonyl (C=O) groups is 2. The SMILES string of the molecule is CC(C)(C)OC(=O)NCCCC(=O)c1ccc(Nc2ccccc2)nc1. The van der Waals surface area contributed by atoms with Gasteiger partial charge in [-0.05, 0) is 51.5 Å². The Morgan fingerprint density at radius 2 is 1.81 bits per heavy atom. The van der Waals surface area contributed by atoms with Gasteiger partial charge in [-0.15, -0.1) is 0 Å². The Kier molecular flexibility index (Phi) is 6.72. The fraction of sp³-hybridized carbons (Fsp3) is 0.350. The van der Waals surface area contributed by atoms with Gasteiger partial charge in [0.25, 0.3) is 0 Å². The number of hydrogen-bond acceptors (Lipinski definition) is 5. The number of nitrogens with zero attached hydrogens (tertiary/aromatic N) is 1. The summed E-state index contributed by atoms with van der Waals surface area (Å²) < 4.78 is 5.14. The van der Waals surface area contributed by atoms with Crippen LogP contribution < -0.4 is 10.6 Å². The highest BCUT2D eigenvalue weighted by Crippen LogP contribution is 2.14. The predicted molar refractivity (Wildman–Crippen MR) is 102 cm³/mol. The molecular formula is C20H25N3O3. The minimum atomic E-state index is -0.527. The number of anilines is 2. The van der Waals surface area contributed by atoms with Crippen LogP contribution in [-0.2, 0) is 4.74 Å². The number of nitrogens with one attached hydrogen (secondary N) is 2. The third kappa shape index (κ3) is 6.93. The van der Waals surface area contributed by atoms with E-state index in [2.05, 4.69) is 15.6 Å². The molecule has 0 radical (unpaired) electrons. The second kappa shape index (κ2) is 8.99. The first kappa shape index (κ1) is 19.4. The zero-order chi connectivity index (χ0) is 19.0. The molecule has 0 spiro atoms. The Hall–Kier alpha value is -2.89. The smallest absolute Gasteiger partial charge is 0.407 e. The third-order valence-electron chi connectivity index (χ3n) is 3.38. The van der Waals surface area contributed by atoms with E-state index in [1.54, 1.807) is 39.1 Å². The Bertz CT molecular complexity index is 722. The van der Waals surface area contributed by atoms with Crippen LogP contribution in [0, 0.1) is 0 Å². The minimum absolute atomic E-state index is 0.00486. The number of amides is 1. The Labute approximate surface area is 154 Å². The molecule has 26 heavy (non-hydrogen) atoms. The van der Waals surface area contributed by atoms with Crippen LogP contribution in [-0.4, -0.2) is 29.0 Å². The van der Waals surface area contributed by atoms with Crippen molar-refractivity contribution in [2.75, 3.05) is 11.9 Å². The molecule has 2 aromatic rings. The summed E-state index contributed by atoms with van der Waals surface area (Å²) in [4.78, 5) is 28.0. The van der Waals surface area contributed by atoms with E-state index < -0.39 is 11.7 Å². The molecule has 1 heterocycles. The van der Waals surface area contributed by atoms with Crippen molar-refractivity contribution in [3.8, 4) is 0 Å². The average molecular weight is 355 g/mol. The molecule has 2 N–H and O–H groups in total. The number of alkyl carbamates (subject to hydrolysis) is 1. The summed E-state index contributed by atoms with van der Waals surface area (Å²) in [6, 6.07) is 13.2. The van der Waals surface area contributed by atoms with Crippen LogP contribution in [0.25, 0.3) is 0 Å². The highest BCUT2D eigenvalue weighted by molar-refractivity contribution is 5.95. The van der Waals surface area contributed by atoms with Gasteiger partial charge in [-0.1, -0.05) is 18.2 Å². The topological polar surface area (TPSA) is 80.3 Å². The predicted octanol–water partition coefficient (Wildman–Crippen LogP) is 4.31. The van der Waals surface area contributed by atoms with E-state index in [-0.39, 0.29) is 5.78 Å². The first-order chi connectivity index (χ1) is 12.3. The molecule has 0 unspecified atom stereocenters. The summed E-state index contributed by atoms with van der Waals surface area (Å²) >= 11 is 0. The molecule has 0 bridgehead atoms. The standard InChI is InChI=1S/C20H25N3O3/c1-20(2,3)26-19(25)21-13-7-10-17(24)15-11-12-18(22-14-15)23-16-8-5-4-6-9-16/h4-6,8-9,11-12,14H,7,10,13H2,1-3H3,(H,21,25)(H,22,23). The number of hydrogen-bond donors (Lipinski definition) is 2. The van der Waals surface area contributed by atoms with Gasteiger partial charge in [0, 0.05) is 30.4 Å². The molecule has 1 aromatic carbocycles. The van der Waals surface area contributed by atoms with Gasteiger partial charge in [-0.2, -0.15) is 0 Å². The summed E-state index contributed by atoms with van der Waals surface area (Å²) in [5.41, 5.74) is 0.967. The van der Waals surface area contributed by atoms with Crippen molar-refractivity contribution in [1.29, 1.82) is 0 Å². The van der Waals surface area contributed by atoms with Gasteiger partial charge < -0.3 is 15.4 Å². The summed E-state index contributed by atoms with van der Waals surface area (Å²) in [5, 5.41) is 5.81. The number of ether oxygens (including phenoxy) is 1. The maximum absolute atomic E-state index is 12.2. The average Bonchev–Trinajstić information content (AvgIpc) is 2.58. The van der Waals surface area contributed by atoms with Crippen molar-refractivity contribution in [2.24, 2.45) is 0 Å². The second-order valence-electron chi connectivity index (χ2n) is 6.88. The van der Waals surface area contributed by atoms with Gasteiger partial charge in [-0.3, -0.25) is 4.79 Å². The number of rotatable bonds is 7. The fourth-order valence-electron chi connectivity index (χ4n) is 2.20. The third-order valence-corrected chi connectivity index (χ3v) is 3.38. The summed E-state index contributed by atoms with van der Waals surface area (Å²) in [7, 11) is 0. The summed E-state index contributed by atoms with van der Waals surface area (Å²) in [5.74, 6) is 0.675. The van der Waals surface area contributed by atoms with Gasteiger partial charge in [0.1, 0.15) is 11.4 Å². The molecule has 1 amide bonds. The molecule has 0 fully saturated rings. The monoisotopic (exact) mass is 355 g/mol. The molecule has 2 rings (SSSR count). The lowest BCUT2D eigenvalue weighted by Gasteiger charge is -2.19. The number of carbonyl (C=O) groups excluding carboxylic acids is 2. The van der Waals surface area contributed by atoms with Gasteiger partial charge in [0.15, 0.2) is 5.78 Å². The zero-order valence-electron chi connectivity index (χ0n) is 15.4. The van der Waals surface area contributed by atoms with Crippen LogP contribution >= 0.6 is 0 Å². The van der Waals surface area contributed by atoms with E-state index in [9.17, 15) is 9.59 Å². The Morgan fingerprint density at radius 3 is 2.42 bits per heavy atom. The van der Waals surface area contributed by atoms with Crippen LogP contribution in [0.1, 0.15) is 44.0 Å². The highest BCUT2D eigenvalue weighted by Gasteiger charge is 2.15. The molecule has 0 saturated heterocycles. The van der Waals surface area contributed by atoms with Crippen molar-refractivity contribution >= 4 is 23.4 Å². The largest absolute Gasteiger partial charge is 0.444 e.